The Kier molecular flexibility index (Phi) is 3.20. The fourth-order valence-electron chi connectivity index (χ4n) is 1.91. The summed E-state index contributed by atoms with van der Waals surface area (Å²) in [6.45, 7) is 4.07. The van der Waals surface area contributed by atoms with Crippen LogP contribution in [0.1, 0.15) is 25.0 Å². The summed E-state index contributed by atoms with van der Waals surface area (Å²) in [7, 11) is -4.20. The van der Waals surface area contributed by atoms with Crippen LogP contribution in [0.3, 0.4) is 0 Å². The highest BCUT2D eigenvalue weighted by Gasteiger charge is 2.18. The van der Waals surface area contributed by atoms with Crippen LogP contribution in [-0.2, 0) is 23.0 Å². The van der Waals surface area contributed by atoms with E-state index in [0.29, 0.717) is 5.52 Å². The molecule has 1 aromatic heterocycles. The van der Waals surface area contributed by atoms with Gasteiger partial charge in [0.2, 0.25) is 4.34 Å². The molecule has 0 amide bonds. The Morgan fingerprint density at radius 3 is 2.53 bits per heavy atom. The molecule has 0 saturated heterocycles. The van der Waals surface area contributed by atoms with E-state index in [0.717, 1.165) is 34.4 Å². The number of hydrogen-bond acceptors (Lipinski definition) is 4. The molecule has 4 nitrogen and oxygen atoms in total. The molecule has 0 unspecified atom stereocenters. The van der Waals surface area contributed by atoms with E-state index in [2.05, 4.69) is 11.9 Å². The molecule has 0 spiro atoms. The van der Waals surface area contributed by atoms with Crippen molar-refractivity contribution >= 4 is 31.7 Å². The standard InChI is InChI=1S/C11H13NO3S2/c1-3-7-5-6-9-10(8(7)4-2)12-11(16-9)17(13,14)15/h5-6H,3-4H2,1-2H3,(H,13,14,15). The van der Waals surface area contributed by atoms with Crippen LogP contribution in [0, 0.1) is 0 Å². The fraction of sp³-hybridized carbons (Fsp3) is 0.364. The lowest BCUT2D eigenvalue weighted by molar-refractivity contribution is 0.482. The average molecular weight is 271 g/mol. The number of aromatic nitrogens is 1. The van der Waals surface area contributed by atoms with Gasteiger partial charge < -0.3 is 0 Å². The Hall–Kier alpha value is -0.980. The van der Waals surface area contributed by atoms with Gasteiger partial charge in [-0.3, -0.25) is 4.55 Å². The van der Waals surface area contributed by atoms with Crippen molar-refractivity contribution in [2.45, 2.75) is 31.0 Å². The van der Waals surface area contributed by atoms with E-state index in [1.807, 2.05) is 19.1 Å². The Morgan fingerprint density at radius 2 is 2.00 bits per heavy atom. The minimum atomic E-state index is -4.20. The molecule has 0 atom stereocenters. The molecule has 1 heterocycles. The zero-order valence-corrected chi connectivity index (χ0v) is 11.2. The quantitative estimate of drug-likeness (QED) is 0.871. The first-order valence-corrected chi connectivity index (χ1v) is 7.61. The Labute approximate surface area is 104 Å². The van der Waals surface area contributed by atoms with E-state index in [-0.39, 0.29) is 4.34 Å². The van der Waals surface area contributed by atoms with Gasteiger partial charge in [-0.15, -0.1) is 11.3 Å². The molecule has 92 valence electrons. The van der Waals surface area contributed by atoms with Gasteiger partial charge in [-0.2, -0.15) is 8.42 Å². The van der Waals surface area contributed by atoms with Crippen molar-refractivity contribution in [3.05, 3.63) is 23.3 Å². The highest BCUT2D eigenvalue weighted by Crippen LogP contribution is 2.30. The topological polar surface area (TPSA) is 67.3 Å². The van der Waals surface area contributed by atoms with E-state index in [9.17, 15) is 8.42 Å². The van der Waals surface area contributed by atoms with Crippen LogP contribution < -0.4 is 0 Å². The minimum absolute atomic E-state index is 0.226. The summed E-state index contributed by atoms with van der Waals surface area (Å²) in [5.41, 5.74) is 2.94. The molecule has 0 aliphatic heterocycles. The van der Waals surface area contributed by atoms with E-state index >= 15 is 0 Å². The second-order valence-electron chi connectivity index (χ2n) is 3.71. The van der Waals surface area contributed by atoms with Crippen molar-refractivity contribution in [1.82, 2.24) is 4.98 Å². The number of rotatable bonds is 3. The third kappa shape index (κ3) is 2.20. The first-order chi connectivity index (χ1) is 7.97. The van der Waals surface area contributed by atoms with Crippen LogP contribution >= 0.6 is 11.3 Å². The van der Waals surface area contributed by atoms with Gasteiger partial charge >= 0.3 is 10.1 Å². The SMILES string of the molecule is CCc1ccc2sc(S(=O)(=O)O)nc2c1CC. The number of hydrogen-bond donors (Lipinski definition) is 1. The van der Waals surface area contributed by atoms with E-state index in [1.54, 1.807) is 0 Å². The molecule has 1 aromatic carbocycles. The Bertz CT molecular complexity index is 659. The van der Waals surface area contributed by atoms with Crippen molar-refractivity contribution in [1.29, 1.82) is 0 Å². The summed E-state index contributed by atoms with van der Waals surface area (Å²) >= 11 is 1.00. The fourth-order valence-corrected chi connectivity index (χ4v) is 3.53. The maximum absolute atomic E-state index is 11.1. The molecule has 0 radical (unpaired) electrons. The Morgan fingerprint density at radius 1 is 1.29 bits per heavy atom. The largest absolute Gasteiger partial charge is 0.322 e. The molecule has 17 heavy (non-hydrogen) atoms. The second kappa shape index (κ2) is 4.36. The van der Waals surface area contributed by atoms with Crippen LogP contribution in [0.2, 0.25) is 0 Å². The third-order valence-corrected chi connectivity index (χ3v) is 4.93. The maximum Gasteiger partial charge on any atom is 0.322 e. The lowest BCUT2D eigenvalue weighted by atomic mass is 10.0. The van der Waals surface area contributed by atoms with E-state index < -0.39 is 10.1 Å². The number of aryl methyl sites for hydroxylation is 2. The van der Waals surface area contributed by atoms with Crippen molar-refractivity contribution < 1.29 is 13.0 Å². The van der Waals surface area contributed by atoms with Crippen LogP contribution in [-0.4, -0.2) is 18.0 Å². The van der Waals surface area contributed by atoms with Gasteiger partial charge in [0.25, 0.3) is 0 Å². The van der Waals surface area contributed by atoms with Gasteiger partial charge in [-0.1, -0.05) is 19.9 Å². The lowest BCUT2D eigenvalue weighted by Gasteiger charge is -2.05. The summed E-state index contributed by atoms with van der Waals surface area (Å²) in [5, 5.41) is 0. The summed E-state index contributed by atoms with van der Waals surface area (Å²) in [4.78, 5) is 4.04. The van der Waals surface area contributed by atoms with Crippen molar-refractivity contribution in [3.63, 3.8) is 0 Å². The summed E-state index contributed by atoms with van der Waals surface area (Å²) in [5.74, 6) is 0. The second-order valence-corrected chi connectivity index (χ2v) is 6.34. The minimum Gasteiger partial charge on any atom is -0.280 e. The molecule has 0 saturated carbocycles. The molecule has 2 rings (SSSR count). The highest BCUT2D eigenvalue weighted by molar-refractivity contribution is 7.88. The smallest absolute Gasteiger partial charge is 0.280 e. The van der Waals surface area contributed by atoms with Crippen LogP contribution in [0.5, 0.6) is 0 Å². The van der Waals surface area contributed by atoms with Gasteiger partial charge in [0, 0.05) is 0 Å². The molecular weight excluding hydrogens is 258 g/mol. The van der Waals surface area contributed by atoms with Crippen molar-refractivity contribution in [3.8, 4) is 0 Å². The average Bonchev–Trinajstić information content (AvgIpc) is 2.70. The summed E-state index contributed by atoms with van der Waals surface area (Å²) < 4.78 is 31.7. The van der Waals surface area contributed by atoms with Crippen molar-refractivity contribution in [2.24, 2.45) is 0 Å². The third-order valence-electron chi connectivity index (χ3n) is 2.70. The Balaban J connectivity index is 2.77. The summed E-state index contributed by atoms with van der Waals surface area (Å²) in [6, 6.07) is 3.85. The molecule has 0 aliphatic carbocycles. The van der Waals surface area contributed by atoms with Gasteiger partial charge in [-0.05, 0) is 30.0 Å². The zero-order valence-electron chi connectivity index (χ0n) is 9.60. The lowest BCUT2D eigenvalue weighted by Crippen LogP contribution is -1.97. The number of thiazole rings is 1. The van der Waals surface area contributed by atoms with Crippen LogP contribution in [0.15, 0.2) is 16.5 Å². The van der Waals surface area contributed by atoms with Gasteiger partial charge in [-0.25, -0.2) is 4.98 Å². The number of benzene rings is 1. The normalized spacial score (nSPS) is 12.2. The monoisotopic (exact) mass is 271 g/mol. The van der Waals surface area contributed by atoms with E-state index in [1.165, 1.54) is 5.56 Å². The molecule has 0 aliphatic rings. The molecule has 2 aromatic rings. The predicted molar refractivity (Wildman–Crippen MR) is 68.2 cm³/mol. The molecule has 1 N–H and O–H groups in total. The molecule has 0 bridgehead atoms. The molecule has 0 fully saturated rings. The highest BCUT2D eigenvalue weighted by atomic mass is 32.3. The molecular formula is C11H13NO3S2. The van der Waals surface area contributed by atoms with Crippen LogP contribution in [0.4, 0.5) is 0 Å². The van der Waals surface area contributed by atoms with Crippen LogP contribution in [0.25, 0.3) is 10.2 Å². The number of nitrogens with zero attached hydrogens (tertiary/aromatic N) is 1. The van der Waals surface area contributed by atoms with Gasteiger partial charge in [0.1, 0.15) is 0 Å². The number of fused-ring (bicyclic) bond motifs is 1. The zero-order chi connectivity index (χ0) is 12.6. The summed E-state index contributed by atoms with van der Waals surface area (Å²) in [6.07, 6.45) is 1.69. The molecule has 6 heteroatoms. The van der Waals surface area contributed by atoms with E-state index in [4.69, 9.17) is 4.55 Å². The van der Waals surface area contributed by atoms with Gasteiger partial charge in [0.05, 0.1) is 10.2 Å². The van der Waals surface area contributed by atoms with Crippen molar-refractivity contribution in [2.75, 3.05) is 0 Å². The maximum atomic E-state index is 11.1. The predicted octanol–water partition coefficient (Wildman–Crippen LogP) is 2.67. The van der Waals surface area contributed by atoms with Gasteiger partial charge in [0.15, 0.2) is 0 Å². The first kappa shape index (κ1) is 12.5. The first-order valence-electron chi connectivity index (χ1n) is 5.36.